The van der Waals surface area contributed by atoms with Crippen molar-refractivity contribution in [3.63, 3.8) is 0 Å². The third-order valence-electron chi connectivity index (χ3n) is 6.13. The van der Waals surface area contributed by atoms with Crippen LogP contribution in [0.15, 0.2) is 41.8 Å². The van der Waals surface area contributed by atoms with Crippen molar-refractivity contribution >= 4 is 11.3 Å². The molecule has 0 unspecified atom stereocenters. The first-order valence-corrected chi connectivity index (χ1v) is 10.6. The Morgan fingerprint density at radius 1 is 0.833 bits per heavy atom. The molecule has 1 aliphatic heterocycles. The van der Waals surface area contributed by atoms with Gasteiger partial charge in [-0.1, -0.05) is 56.0 Å². The van der Waals surface area contributed by atoms with E-state index < -0.39 is 0 Å². The Labute approximate surface area is 150 Å². The van der Waals surface area contributed by atoms with Crippen LogP contribution < -0.4 is 0 Å². The first-order chi connectivity index (χ1) is 11.9. The van der Waals surface area contributed by atoms with Crippen molar-refractivity contribution in [1.29, 1.82) is 0 Å². The summed E-state index contributed by atoms with van der Waals surface area (Å²) in [6.07, 6.45) is 12.5. The standard InChI is InChI=1S/C22H29NS/c1-5-13-22(14-6-1,23-15-7-2-8-16-23)18-19-10-3-4-11-20(19)21-12-9-17-24-21/h3-4,9-12,17H,1-2,5-8,13-16,18H2. The van der Waals surface area contributed by atoms with Crippen LogP contribution in [0.5, 0.6) is 0 Å². The van der Waals surface area contributed by atoms with Gasteiger partial charge in [0.2, 0.25) is 0 Å². The fraction of sp³-hybridized carbons (Fsp3) is 0.545. The summed E-state index contributed by atoms with van der Waals surface area (Å²) in [6, 6.07) is 13.6. The van der Waals surface area contributed by atoms with Crippen molar-refractivity contribution in [3.05, 3.63) is 47.3 Å². The zero-order valence-corrected chi connectivity index (χ0v) is 15.5. The van der Waals surface area contributed by atoms with Crippen LogP contribution in [0.1, 0.15) is 56.9 Å². The third-order valence-corrected chi connectivity index (χ3v) is 7.04. The maximum Gasteiger partial charge on any atom is 0.0345 e. The van der Waals surface area contributed by atoms with Crippen LogP contribution in [-0.4, -0.2) is 23.5 Å². The summed E-state index contributed by atoms with van der Waals surface area (Å²) in [5.41, 5.74) is 3.45. The number of piperidine rings is 1. The summed E-state index contributed by atoms with van der Waals surface area (Å²) in [7, 11) is 0. The fourth-order valence-electron chi connectivity index (χ4n) is 4.88. The number of rotatable bonds is 4. The normalized spacial score (nSPS) is 21.7. The van der Waals surface area contributed by atoms with Gasteiger partial charge in [-0.3, -0.25) is 4.90 Å². The van der Waals surface area contributed by atoms with Crippen molar-refractivity contribution < 1.29 is 0 Å². The molecule has 0 bridgehead atoms. The smallest absolute Gasteiger partial charge is 0.0345 e. The van der Waals surface area contributed by atoms with E-state index in [2.05, 4.69) is 46.7 Å². The van der Waals surface area contributed by atoms with Crippen LogP contribution in [-0.2, 0) is 6.42 Å². The van der Waals surface area contributed by atoms with Crippen molar-refractivity contribution in [2.75, 3.05) is 13.1 Å². The summed E-state index contributed by atoms with van der Waals surface area (Å²) in [4.78, 5) is 4.30. The van der Waals surface area contributed by atoms with E-state index in [4.69, 9.17) is 0 Å². The molecule has 1 nitrogen and oxygen atoms in total. The van der Waals surface area contributed by atoms with Crippen molar-refractivity contribution in [1.82, 2.24) is 4.90 Å². The van der Waals surface area contributed by atoms with Crippen LogP contribution >= 0.6 is 11.3 Å². The summed E-state index contributed by atoms with van der Waals surface area (Å²) < 4.78 is 0. The molecular formula is C22H29NS. The highest BCUT2D eigenvalue weighted by molar-refractivity contribution is 7.13. The number of likely N-dealkylation sites (tertiary alicyclic amines) is 1. The summed E-state index contributed by atoms with van der Waals surface area (Å²) in [6.45, 7) is 2.64. The maximum atomic E-state index is 2.88. The molecule has 2 heteroatoms. The predicted octanol–water partition coefficient (Wildman–Crippen LogP) is 6.15. The van der Waals surface area contributed by atoms with Gasteiger partial charge in [0.15, 0.2) is 0 Å². The van der Waals surface area contributed by atoms with E-state index in [0.29, 0.717) is 5.54 Å². The average molecular weight is 340 g/mol. The minimum absolute atomic E-state index is 0.423. The average Bonchev–Trinajstić information content (AvgIpc) is 3.18. The molecule has 0 N–H and O–H groups in total. The molecule has 2 heterocycles. The van der Waals surface area contributed by atoms with E-state index in [-0.39, 0.29) is 0 Å². The van der Waals surface area contributed by atoms with Gasteiger partial charge in [-0.15, -0.1) is 11.3 Å². The molecular weight excluding hydrogens is 310 g/mol. The van der Waals surface area contributed by atoms with Gasteiger partial charge in [0.05, 0.1) is 0 Å². The zero-order chi connectivity index (χ0) is 16.2. The number of hydrogen-bond acceptors (Lipinski definition) is 2. The lowest BCUT2D eigenvalue weighted by molar-refractivity contribution is 0.0336. The lowest BCUT2D eigenvalue weighted by Crippen LogP contribution is -2.53. The number of benzene rings is 1. The molecule has 128 valence electrons. The van der Waals surface area contributed by atoms with Crippen LogP contribution in [0, 0.1) is 0 Å². The van der Waals surface area contributed by atoms with Crippen LogP contribution in [0.25, 0.3) is 10.4 Å². The molecule has 0 radical (unpaired) electrons. The minimum Gasteiger partial charge on any atom is -0.297 e. The molecule has 24 heavy (non-hydrogen) atoms. The Hall–Kier alpha value is -1.12. The minimum atomic E-state index is 0.423. The van der Waals surface area contributed by atoms with Crippen molar-refractivity contribution in [3.8, 4) is 10.4 Å². The molecule has 0 amide bonds. The molecule has 2 aromatic rings. The summed E-state index contributed by atoms with van der Waals surface area (Å²) in [5.74, 6) is 0. The van der Waals surface area contributed by atoms with E-state index in [1.54, 1.807) is 5.56 Å². The van der Waals surface area contributed by atoms with Gasteiger partial charge in [0.1, 0.15) is 0 Å². The second-order valence-corrected chi connectivity index (χ2v) is 8.59. The lowest BCUT2D eigenvalue weighted by atomic mass is 9.74. The third kappa shape index (κ3) is 3.32. The van der Waals surface area contributed by atoms with Gasteiger partial charge in [-0.05, 0) is 67.8 Å². The van der Waals surface area contributed by atoms with Gasteiger partial charge in [0, 0.05) is 10.4 Å². The van der Waals surface area contributed by atoms with E-state index >= 15 is 0 Å². The topological polar surface area (TPSA) is 3.24 Å². The highest BCUT2D eigenvalue weighted by Gasteiger charge is 2.38. The molecule has 1 aromatic carbocycles. The lowest BCUT2D eigenvalue weighted by Gasteiger charge is -2.49. The molecule has 2 aliphatic rings. The number of hydrogen-bond donors (Lipinski definition) is 0. The van der Waals surface area contributed by atoms with Gasteiger partial charge in [-0.2, -0.15) is 0 Å². The Kier molecular flexibility index (Phi) is 5.05. The quantitative estimate of drug-likeness (QED) is 0.646. The largest absolute Gasteiger partial charge is 0.297 e. The highest BCUT2D eigenvalue weighted by Crippen LogP contribution is 2.40. The molecule has 4 rings (SSSR count). The first kappa shape index (κ1) is 16.4. The van der Waals surface area contributed by atoms with Crippen LogP contribution in [0.3, 0.4) is 0 Å². The molecule has 1 saturated carbocycles. The number of thiophene rings is 1. The molecule has 1 aromatic heterocycles. The van der Waals surface area contributed by atoms with Crippen molar-refractivity contribution in [2.24, 2.45) is 0 Å². The Morgan fingerprint density at radius 2 is 1.58 bits per heavy atom. The van der Waals surface area contributed by atoms with E-state index in [9.17, 15) is 0 Å². The zero-order valence-electron chi connectivity index (χ0n) is 14.7. The van der Waals surface area contributed by atoms with Gasteiger partial charge in [-0.25, -0.2) is 0 Å². The molecule has 0 atom stereocenters. The van der Waals surface area contributed by atoms with Crippen LogP contribution in [0.2, 0.25) is 0 Å². The Morgan fingerprint density at radius 3 is 2.33 bits per heavy atom. The van der Waals surface area contributed by atoms with Crippen molar-refractivity contribution in [2.45, 2.75) is 63.3 Å². The number of nitrogens with zero attached hydrogens (tertiary/aromatic N) is 1. The summed E-state index contributed by atoms with van der Waals surface area (Å²) in [5, 5.41) is 2.20. The summed E-state index contributed by atoms with van der Waals surface area (Å²) >= 11 is 1.87. The Bertz CT molecular complexity index is 634. The van der Waals surface area contributed by atoms with Crippen LogP contribution in [0.4, 0.5) is 0 Å². The first-order valence-electron chi connectivity index (χ1n) is 9.74. The van der Waals surface area contributed by atoms with E-state index in [0.717, 1.165) is 0 Å². The second-order valence-electron chi connectivity index (χ2n) is 7.64. The highest BCUT2D eigenvalue weighted by atomic mass is 32.1. The molecule has 1 aliphatic carbocycles. The van der Waals surface area contributed by atoms with Gasteiger partial charge < -0.3 is 0 Å². The van der Waals surface area contributed by atoms with E-state index in [1.165, 1.54) is 81.3 Å². The maximum absolute atomic E-state index is 2.88. The van der Waals surface area contributed by atoms with E-state index in [1.807, 2.05) is 11.3 Å². The predicted molar refractivity (Wildman–Crippen MR) is 105 cm³/mol. The second kappa shape index (κ2) is 7.41. The molecule has 1 saturated heterocycles. The monoisotopic (exact) mass is 339 g/mol. The fourth-order valence-corrected chi connectivity index (χ4v) is 5.67. The molecule has 2 fully saturated rings. The Balaban J connectivity index is 1.66. The van der Waals surface area contributed by atoms with Gasteiger partial charge >= 0.3 is 0 Å². The SMILES string of the molecule is c1csc(-c2ccccc2CC2(N3CCCCC3)CCCCC2)c1. The molecule has 0 spiro atoms. The van der Waals surface area contributed by atoms with Gasteiger partial charge in [0.25, 0.3) is 0 Å².